The van der Waals surface area contributed by atoms with E-state index in [1.54, 1.807) is 18.2 Å². The average Bonchev–Trinajstić information content (AvgIpc) is 3.33. The van der Waals surface area contributed by atoms with Gasteiger partial charge in [-0.1, -0.05) is 12.1 Å². The van der Waals surface area contributed by atoms with Crippen molar-refractivity contribution in [2.24, 2.45) is 0 Å². The summed E-state index contributed by atoms with van der Waals surface area (Å²) in [4.78, 5) is 2.08. The Morgan fingerprint density at radius 2 is 2.00 bits per heavy atom. The van der Waals surface area contributed by atoms with Crippen molar-refractivity contribution in [1.29, 1.82) is 0 Å². The Morgan fingerprint density at radius 1 is 1.16 bits per heavy atom. The first-order chi connectivity index (χ1) is 12.1. The summed E-state index contributed by atoms with van der Waals surface area (Å²) in [7, 11) is 0. The molecule has 2 aromatic heterocycles. The van der Waals surface area contributed by atoms with E-state index in [0.717, 1.165) is 22.9 Å². The summed E-state index contributed by atoms with van der Waals surface area (Å²) in [5.41, 5.74) is 1.18. The van der Waals surface area contributed by atoms with E-state index < -0.39 is 12.2 Å². The van der Waals surface area contributed by atoms with Gasteiger partial charge in [0.1, 0.15) is 11.6 Å². The molecule has 0 amide bonds. The molecular weight excluding hydrogens is 331 g/mol. The molecule has 0 N–H and O–H groups in total. The zero-order valence-corrected chi connectivity index (χ0v) is 13.3. The lowest BCUT2D eigenvalue weighted by Gasteiger charge is -2.23. The van der Waals surface area contributed by atoms with Gasteiger partial charge in [-0.05, 0) is 49.1 Å². The van der Waals surface area contributed by atoms with Gasteiger partial charge in [0.25, 0.3) is 6.43 Å². The molecule has 5 nitrogen and oxygen atoms in total. The first-order valence-electron chi connectivity index (χ1n) is 8.13. The molecule has 25 heavy (non-hydrogen) atoms. The summed E-state index contributed by atoms with van der Waals surface area (Å²) in [5, 5.41) is 11.5. The zero-order valence-electron chi connectivity index (χ0n) is 13.3. The van der Waals surface area contributed by atoms with Crippen molar-refractivity contribution in [3.63, 3.8) is 0 Å². The molecule has 1 aromatic carbocycles. The van der Waals surface area contributed by atoms with E-state index in [1.165, 1.54) is 12.1 Å². The highest BCUT2D eigenvalue weighted by Gasteiger charge is 2.30. The van der Waals surface area contributed by atoms with Crippen molar-refractivity contribution in [3.05, 3.63) is 53.6 Å². The van der Waals surface area contributed by atoms with Gasteiger partial charge in [-0.25, -0.2) is 13.2 Å². The lowest BCUT2D eigenvalue weighted by atomic mass is 10.1. The van der Waals surface area contributed by atoms with Crippen molar-refractivity contribution < 1.29 is 13.2 Å². The predicted octanol–water partition coefficient (Wildman–Crippen LogP) is 3.41. The van der Waals surface area contributed by atoms with Crippen LogP contribution in [0, 0.1) is 5.82 Å². The third-order valence-corrected chi connectivity index (χ3v) is 4.28. The number of hydrogen-bond donors (Lipinski definition) is 0. The molecule has 130 valence electrons. The third kappa shape index (κ3) is 3.29. The largest absolute Gasteiger partial charge is 0.352 e. The number of aromatic nitrogens is 4. The molecule has 2 heterocycles. The van der Waals surface area contributed by atoms with Gasteiger partial charge in [-0.2, -0.15) is 4.52 Å². The second kappa shape index (κ2) is 6.34. The Hall–Kier alpha value is -2.64. The lowest BCUT2D eigenvalue weighted by molar-refractivity contribution is 0.137. The van der Waals surface area contributed by atoms with Gasteiger partial charge in [-0.15, -0.1) is 15.3 Å². The molecule has 0 saturated heterocycles. The number of nitrogens with zero attached hydrogens (tertiary/aromatic N) is 5. The number of halogens is 3. The van der Waals surface area contributed by atoms with Crippen LogP contribution in [0.15, 0.2) is 36.4 Å². The average molecular weight is 347 g/mol. The Bertz CT molecular complexity index is 891. The predicted molar refractivity (Wildman–Crippen MR) is 86.2 cm³/mol. The minimum atomic E-state index is -2.74. The second-order valence-corrected chi connectivity index (χ2v) is 6.12. The number of fused-ring (bicyclic) bond motifs is 1. The van der Waals surface area contributed by atoms with Crippen molar-refractivity contribution in [3.8, 4) is 0 Å². The number of rotatable bonds is 6. The van der Waals surface area contributed by atoms with E-state index in [0.29, 0.717) is 30.5 Å². The highest BCUT2D eigenvalue weighted by molar-refractivity contribution is 5.47. The molecule has 1 fully saturated rings. The van der Waals surface area contributed by atoms with E-state index >= 15 is 0 Å². The maximum absolute atomic E-state index is 13.3. The lowest BCUT2D eigenvalue weighted by Crippen LogP contribution is -2.29. The van der Waals surface area contributed by atoms with Crippen molar-refractivity contribution in [2.75, 3.05) is 11.4 Å². The van der Waals surface area contributed by atoms with Crippen LogP contribution in [0.4, 0.5) is 19.0 Å². The minimum Gasteiger partial charge on any atom is -0.352 e. The summed E-state index contributed by atoms with van der Waals surface area (Å²) in [5.74, 6) is -0.119. The SMILES string of the molecule is Fc1cccc(CCN(c2ccc3nnc(C(F)F)n3n2)C2CC2)c1. The van der Waals surface area contributed by atoms with E-state index in [4.69, 9.17) is 0 Å². The Morgan fingerprint density at radius 3 is 2.72 bits per heavy atom. The number of benzene rings is 1. The van der Waals surface area contributed by atoms with E-state index in [2.05, 4.69) is 20.2 Å². The quantitative estimate of drug-likeness (QED) is 0.686. The molecule has 4 rings (SSSR count). The van der Waals surface area contributed by atoms with Crippen LogP contribution in [-0.2, 0) is 6.42 Å². The standard InChI is InChI=1S/C17H16F3N5/c18-12-3-1-2-11(10-12)8-9-24(13-4-5-13)15-7-6-14-21-22-17(16(19)20)25(14)23-15/h1-3,6-7,10,13,16H,4-5,8-9H2. The molecular formula is C17H16F3N5. The maximum Gasteiger partial charge on any atom is 0.299 e. The fraction of sp³-hybridized carbons (Fsp3) is 0.353. The minimum absolute atomic E-state index is 0.263. The molecule has 1 saturated carbocycles. The van der Waals surface area contributed by atoms with Crippen LogP contribution < -0.4 is 4.90 Å². The first-order valence-corrected chi connectivity index (χ1v) is 8.13. The smallest absolute Gasteiger partial charge is 0.299 e. The van der Waals surface area contributed by atoms with Gasteiger partial charge in [-0.3, -0.25) is 0 Å². The van der Waals surface area contributed by atoms with Crippen LogP contribution in [0.5, 0.6) is 0 Å². The molecule has 0 bridgehead atoms. The number of alkyl halides is 2. The number of hydrogen-bond acceptors (Lipinski definition) is 4. The van der Waals surface area contributed by atoms with Crippen LogP contribution in [0.2, 0.25) is 0 Å². The van der Waals surface area contributed by atoms with Gasteiger partial charge < -0.3 is 4.90 Å². The molecule has 0 radical (unpaired) electrons. The first kappa shape index (κ1) is 15.9. The van der Waals surface area contributed by atoms with Crippen LogP contribution in [0.1, 0.15) is 30.7 Å². The fourth-order valence-electron chi connectivity index (χ4n) is 2.90. The molecule has 0 spiro atoms. The monoisotopic (exact) mass is 347 g/mol. The highest BCUT2D eigenvalue weighted by atomic mass is 19.3. The summed E-state index contributed by atoms with van der Waals surface area (Å²) < 4.78 is 40.5. The van der Waals surface area contributed by atoms with Crippen molar-refractivity contribution in [1.82, 2.24) is 19.8 Å². The van der Waals surface area contributed by atoms with E-state index in [-0.39, 0.29) is 5.82 Å². The summed E-state index contributed by atoms with van der Waals surface area (Å²) >= 11 is 0. The normalized spacial score (nSPS) is 14.4. The van der Waals surface area contributed by atoms with Gasteiger partial charge in [0.15, 0.2) is 5.65 Å². The van der Waals surface area contributed by atoms with Gasteiger partial charge in [0.05, 0.1) is 0 Å². The van der Waals surface area contributed by atoms with Gasteiger partial charge in [0, 0.05) is 12.6 Å². The molecule has 0 unspecified atom stereocenters. The second-order valence-electron chi connectivity index (χ2n) is 6.12. The van der Waals surface area contributed by atoms with Crippen LogP contribution >= 0.6 is 0 Å². The molecule has 0 aliphatic heterocycles. The Kier molecular flexibility index (Phi) is 4.03. The van der Waals surface area contributed by atoms with Crippen LogP contribution in [0.25, 0.3) is 5.65 Å². The summed E-state index contributed by atoms with van der Waals surface area (Å²) in [6.07, 6.45) is -0.0170. The van der Waals surface area contributed by atoms with Gasteiger partial charge in [0.2, 0.25) is 5.82 Å². The molecule has 3 aromatic rings. The Labute approximate surface area is 142 Å². The van der Waals surface area contributed by atoms with Gasteiger partial charge >= 0.3 is 0 Å². The molecule has 1 aliphatic carbocycles. The fourth-order valence-corrected chi connectivity index (χ4v) is 2.90. The topological polar surface area (TPSA) is 46.3 Å². The number of anilines is 1. The van der Waals surface area contributed by atoms with E-state index in [1.807, 2.05) is 6.07 Å². The molecule has 8 heteroatoms. The van der Waals surface area contributed by atoms with Crippen molar-refractivity contribution >= 4 is 11.5 Å². The molecule has 0 atom stereocenters. The van der Waals surface area contributed by atoms with E-state index in [9.17, 15) is 13.2 Å². The summed E-state index contributed by atoms with van der Waals surface area (Å²) in [6.45, 7) is 0.638. The summed E-state index contributed by atoms with van der Waals surface area (Å²) in [6, 6.07) is 10.2. The molecule has 1 aliphatic rings. The highest BCUT2D eigenvalue weighted by Crippen LogP contribution is 2.31. The van der Waals surface area contributed by atoms with Crippen molar-refractivity contribution in [2.45, 2.75) is 31.7 Å². The van der Waals surface area contributed by atoms with Crippen LogP contribution in [0.3, 0.4) is 0 Å². The maximum atomic E-state index is 13.3. The zero-order chi connectivity index (χ0) is 17.4. The third-order valence-electron chi connectivity index (χ3n) is 4.28. The Balaban J connectivity index is 1.60. The van der Waals surface area contributed by atoms with Crippen LogP contribution in [-0.4, -0.2) is 32.4 Å².